The van der Waals surface area contributed by atoms with Gasteiger partial charge in [0.25, 0.3) is 6.47 Å². The summed E-state index contributed by atoms with van der Waals surface area (Å²) in [5.41, 5.74) is 5.87. The standard InChI is InChI=1S/C34H26O6/c1-2-34(40-21-35,32(36)38-19-30-26-15-7-3-11-22(26)23-12-4-8-16-27(23)30)33(37)39-20-31-28-17-9-5-13-24(28)25-14-6-10-18-29(25)31/h2-18,21,30-31H,1,19-20H2. The summed E-state index contributed by atoms with van der Waals surface area (Å²) in [4.78, 5) is 38.3. The number of carbonyl (C=O) groups excluding carboxylic acids is 3. The van der Waals surface area contributed by atoms with Crippen LogP contribution in [0.15, 0.2) is 110 Å². The van der Waals surface area contributed by atoms with Crippen LogP contribution in [-0.2, 0) is 28.6 Å². The van der Waals surface area contributed by atoms with Crippen LogP contribution in [0.25, 0.3) is 22.3 Å². The number of fused-ring (bicyclic) bond motifs is 6. The van der Waals surface area contributed by atoms with Gasteiger partial charge in [0.2, 0.25) is 0 Å². The summed E-state index contributed by atoms with van der Waals surface area (Å²) in [5, 5.41) is 0. The van der Waals surface area contributed by atoms with Gasteiger partial charge < -0.3 is 14.2 Å². The fourth-order valence-corrected chi connectivity index (χ4v) is 5.88. The molecule has 0 spiro atoms. The van der Waals surface area contributed by atoms with E-state index in [0.717, 1.165) is 50.6 Å². The van der Waals surface area contributed by atoms with Gasteiger partial charge in [-0.05, 0) is 50.6 Å². The minimum atomic E-state index is -2.43. The molecule has 0 heterocycles. The lowest BCUT2D eigenvalue weighted by molar-refractivity contribution is -0.185. The van der Waals surface area contributed by atoms with Crippen LogP contribution in [0.2, 0.25) is 0 Å². The second-order valence-electron chi connectivity index (χ2n) is 9.80. The van der Waals surface area contributed by atoms with Crippen molar-refractivity contribution in [2.45, 2.75) is 17.4 Å². The van der Waals surface area contributed by atoms with Crippen LogP contribution in [-0.4, -0.2) is 37.2 Å². The van der Waals surface area contributed by atoms with Crippen LogP contribution in [0.5, 0.6) is 0 Å². The average Bonchev–Trinajstić information content (AvgIpc) is 3.50. The van der Waals surface area contributed by atoms with Gasteiger partial charge in [0.1, 0.15) is 13.2 Å². The first kappa shape index (κ1) is 25.3. The van der Waals surface area contributed by atoms with Crippen LogP contribution in [0.3, 0.4) is 0 Å². The van der Waals surface area contributed by atoms with Crippen molar-refractivity contribution in [1.82, 2.24) is 0 Å². The van der Waals surface area contributed by atoms with Gasteiger partial charge in [-0.2, -0.15) is 0 Å². The van der Waals surface area contributed by atoms with Crippen molar-refractivity contribution in [2.24, 2.45) is 0 Å². The highest BCUT2D eigenvalue weighted by Crippen LogP contribution is 2.46. The summed E-state index contributed by atoms with van der Waals surface area (Å²) in [6.45, 7) is 3.54. The highest BCUT2D eigenvalue weighted by atomic mass is 16.6. The van der Waals surface area contributed by atoms with Crippen molar-refractivity contribution in [3.63, 3.8) is 0 Å². The molecule has 4 aromatic carbocycles. The topological polar surface area (TPSA) is 78.9 Å². The van der Waals surface area contributed by atoms with E-state index in [1.807, 2.05) is 97.1 Å². The van der Waals surface area contributed by atoms with Gasteiger partial charge in [-0.25, -0.2) is 9.59 Å². The lowest BCUT2D eigenvalue weighted by Gasteiger charge is -2.26. The molecule has 6 nitrogen and oxygen atoms in total. The SMILES string of the molecule is C=CC(OC=O)(C(=O)OCC1c2ccccc2-c2ccccc21)C(=O)OCC1c2ccccc2-c2ccccc21. The highest BCUT2D eigenvalue weighted by molar-refractivity contribution is 6.07. The maximum Gasteiger partial charge on any atom is 0.366 e. The van der Waals surface area contributed by atoms with Gasteiger partial charge in [0.15, 0.2) is 0 Å². The van der Waals surface area contributed by atoms with Crippen molar-refractivity contribution in [2.75, 3.05) is 13.2 Å². The zero-order valence-corrected chi connectivity index (χ0v) is 21.6. The largest absolute Gasteiger partial charge is 0.461 e. The molecule has 6 rings (SSSR count). The molecule has 0 saturated carbocycles. The van der Waals surface area contributed by atoms with Crippen LogP contribution in [0, 0.1) is 0 Å². The van der Waals surface area contributed by atoms with E-state index in [0.29, 0.717) is 0 Å². The Morgan fingerprint density at radius 2 is 0.950 bits per heavy atom. The zero-order chi connectivity index (χ0) is 27.7. The summed E-state index contributed by atoms with van der Waals surface area (Å²) < 4.78 is 16.4. The summed E-state index contributed by atoms with van der Waals surface area (Å²) in [5.74, 6) is -2.60. The van der Waals surface area contributed by atoms with E-state index in [1.54, 1.807) is 0 Å². The molecular formula is C34H26O6. The second kappa shape index (κ2) is 10.3. The summed E-state index contributed by atoms with van der Waals surface area (Å²) in [6.07, 6.45) is 0.957. The molecular weight excluding hydrogens is 504 g/mol. The van der Waals surface area contributed by atoms with E-state index in [2.05, 4.69) is 6.58 Å². The van der Waals surface area contributed by atoms with Crippen molar-refractivity contribution in [3.05, 3.63) is 132 Å². The first-order chi connectivity index (χ1) is 19.6. The summed E-state index contributed by atoms with van der Waals surface area (Å²) >= 11 is 0. The third kappa shape index (κ3) is 4.00. The van der Waals surface area contributed by atoms with Gasteiger partial charge in [-0.15, -0.1) is 0 Å². The molecule has 0 fully saturated rings. The maximum atomic E-state index is 13.4. The first-order valence-electron chi connectivity index (χ1n) is 13.0. The highest BCUT2D eigenvalue weighted by Gasteiger charge is 2.50. The van der Waals surface area contributed by atoms with Crippen LogP contribution in [0.1, 0.15) is 34.1 Å². The minimum Gasteiger partial charge on any atom is -0.461 e. The van der Waals surface area contributed by atoms with Crippen LogP contribution >= 0.6 is 0 Å². The van der Waals surface area contributed by atoms with Gasteiger partial charge in [-0.1, -0.05) is 104 Å². The molecule has 0 radical (unpaired) electrons. The van der Waals surface area contributed by atoms with E-state index in [1.165, 1.54) is 0 Å². The Labute approximate surface area is 231 Å². The van der Waals surface area contributed by atoms with Crippen molar-refractivity contribution in [3.8, 4) is 22.3 Å². The predicted molar refractivity (Wildman–Crippen MR) is 149 cm³/mol. The van der Waals surface area contributed by atoms with Gasteiger partial charge in [-0.3, -0.25) is 4.79 Å². The monoisotopic (exact) mass is 530 g/mol. The smallest absolute Gasteiger partial charge is 0.366 e. The first-order valence-corrected chi connectivity index (χ1v) is 13.0. The third-order valence-corrected chi connectivity index (χ3v) is 7.82. The molecule has 198 valence electrons. The van der Waals surface area contributed by atoms with Gasteiger partial charge in [0.05, 0.1) is 0 Å². The molecule has 2 aliphatic carbocycles. The lowest BCUT2D eigenvalue weighted by atomic mass is 9.97. The number of benzene rings is 4. The Bertz CT molecular complexity index is 1440. The summed E-state index contributed by atoms with van der Waals surface area (Å²) in [7, 11) is 0. The number of hydrogen-bond acceptors (Lipinski definition) is 6. The average molecular weight is 531 g/mol. The van der Waals surface area contributed by atoms with E-state index >= 15 is 0 Å². The molecule has 4 aromatic rings. The normalized spacial score (nSPS) is 13.4. The molecule has 0 N–H and O–H groups in total. The maximum absolute atomic E-state index is 13.4. The molecule has 0 aromatic heterocycles. The Morgan fingerprint density at radius 3 is 1.25 bits per heavy atom. The molecule has 0 atom stereocenters. The second-order valence-corrected chi connectivity index (χ2v) is 9.80. The molecule has 0 aliphatic heterocycles. The Kier molecular flexibility index (Phi) is 6.52. The number of esters is 2. The molecule has 0 unspecified atom stereocenters. The fourth-order valence-electron chi connectivity index (χ4n) is 5.88. The Hall–Kier alpha value is -4.97. The van der Waals surface area contributed by atoms with Crippen molar-refractivity contribution >= 4 is 18.4 Å². The number of carbonyl (C=O) groups is 3. The molecule has 2 aliphatic rings. The van der Waals surface area contributed by atoms with Crippen LogP contribution < -0.4 is 0 Å². The molecule has 0 saturated heterocycles. The van der Waals surface area contributed by atoms with E-state index in [-0.39, 0.29) is 31.5 Å². The third-order valence-electron chi connectivity index (χ3n) is 7.82. The van der Waals surface area contributed by atoms with E-state index in [9.17, 15) is 14.4 Å². The van der Waals surface area contributed by atoms with Gasteiger partial charge >= 0.3 is 17.5 Å². The quantitative estimate of drug-likeness (QED) is 0.0896. The van der Waals surface area contributed by atoms with Crippen LogP contribution in [0.4, 0.5) is 0 Å². The molecule has 0 bridgehead atoms. The van der Waals surface area contributed by atoms with Crippen molar-refractivity contribution < 1.29 is 28.6 Å². The molecule has 40 heavy (non-hydrogen) atoms. The minimum absolute atomic E-state index is 0.0323. The Balaban J connectivity index is 1.22. The van der Waals surface area contributed by atoms with Crippen molar-refractivity contribution in [1.29, 1.82) is 0 Å². The molecule has 6 heteroatoms. The lowest BCUT2D eigenvalue weighted by Crippen LogP contribution is -2.50. The number of rotatable bonds is 9. The predicted octanol–water partition coefficient (Wildman–Crippen LogP) is 5.80. The summed E-state index contributed by atoms with van der Waals surface area (Å²) in [6, 6.07) is 31.6. The fraction of sp³-hybridized carbons (Fsp3) is 0.147. The van der Waals surface area contributed by atoms with E-state index in [4.69, 9.17) is 14.2 Å². The van der Waals surface area contributed by atoms with Gasteiger partial charge in [0, 0.05) is 11.8 Å². The zero-order valence-electron chi connectivity index (χ0n) is 21.6. The Morgan fingerprint density at radius 1 is 0.625 bits per heavy atom. The molecule has 0 amide bonds. The number of ether oxygens (including phenoxy) is 3. The van der Waals surface area contributed by atoms with E-state index < -0.39 is 17.5 Å². The number of hydrogen-bond donors (Lipinski definition) is 0.